The van der Waals surface area contributed by atoms with Gasteiger partial charge in [0.05, 0.1) is 17.9 Å². The highest BCUT2D eigenvalue weighted by Gasteiger charge is 2.40. The topological polar surface area (TPSA) is 58.6 Å². The highest BCUT2D eigenvalue weighted by Crippen LogP contribution is 2.35. The number of imide groups is 1. The number of carbonyl (C=O) groups excluding carboxylic acids is 2. The Morgan fingerprint density at radius 3 is 2.38 bits per heavy atom. The molecule has 3 aromatic carbocycles. The molecule has 0 bridgehead atoms. The Kier molecular flexibility index (Phi) is 6.21. The van der Waals surface area contributed by atoms with E-state index in [1.807, 2.05) is 26.0 Å². The lowest BCUT2D eigenvalue weighted by molar-refractivity contribution is -0.120. The minimum Gasteiger partial charge on any atom is -0.494 e. The number of hydrogen-bond donors (Lipinski definition) is 1. The summed E-state index contributed by atoms with van der Waals surface area (Å²) < 4.78 is 5.55. The van der Waals surface area contributed by atoms with Crippen molar-refractivity contribution < 1.29 is 14.3 Å². The second kappa shape index (κ2) is 9.07. The third-order valence-corrected chi connectivity index (χ3v) is 5.70. The van der Waals surface area contributed by atoms with Gasteiger partial charge in [0, 0.05) is 21.8 Å². The molecule has 32 heavy (non-hydrogen) atoms. The molecule has 0 atom stereocenters. The van der Waals surface area contributed by atoms with Crippen LogP contribution in [0.1, 0.15) is 18.1 Å². The highest BCUT2D eigenvalue weighted by atomic mass is 35.5. The number of rotatable bonds is 6. The summed E-state index contributed by atoms with van der Waals surface area (Å²) in [6, 6.07) is 19.1. The van der Waals surface area contributed by atoms with E-state index in [2.05, 4.69) is 5.32 Å². The third-order valence-electron chi connectivity index (χ3n) is 5.04. The molecule has 3 aromatic rings. The van der Waals surface area contributed by atoms with Gasteiger partial charge in [-0.2, -0.15) is 0 Å². The van der Waals surface area contributed by atoms with E-state index in [0.29, 0.717) is 39.3 Å². The van der Waals surface area contributed by atoms with Gasteiger partial charge < -0.3 is 10.1 Å². The van der Waals surface area contributed by atoms with E-state index in [9.17, 15) is 9.59 Å². The largest absolute Gasteiger partial charge is 0.494 e. The number of amides is 2. The molecule has 0 fully saturated rings. The van der Waals surface area contributed by atoms with Crippen molar-refractivity contribution >= 4 is 52.0 Å². The molecule has 1 heterocycles. The summed E-state index contributed by atoms with van der Waals surface area (Å²) >= 11 is 12.3. The number of anilines is 2. The van der Waals surface area contributed by atoms with E-state index in [1.165, 1.54) is 0 Å². The summed E-state index contributed by atoms with van der Waals surface area (Å²) in [4.78, 5) is 28.1. The van der Waals surface area contributed by atoms with Crippen LogP contribution in [0.3, 0.4) is 0 Å². The molecule has 1 aliphatic heterocycles. The fourth-order valence-electron chi connectivity index (χ4n) is 3.46. The van der Waals surface area contributed by atoms with Crippen LogP contribution in [0.5, 0.6) is 5.75 Å². The molecule has 0 spiro atoms. The summed E-state index contributed by atoms with van der Waals surface area (Å²) in [5.74, 6) is -0.257. The van der Waals surface area contributed by atoms with Crippen LogP contribution in [0, 0.1) is 6.92 Å². The van der Waals surface area contributed by atoms with Crippen molar-refractivity contribution in [1.29, 1.82) is 0 Å². The van der Waals surface area contributed by atoms with Crippen LogP contribution in [-0.2, 0) is 9.59 Å². The lowest BCUT2D eigenvalue weighted by Gasteiger charge is -2.16. The zero-order valence-corrected chi connectivity index (χ0v) is 19.0. The van der Waals surface area contributed by atoms with Gasteiger partial charge in [-0.1, -0.05) is 47.5 Å². The molecule has 162 valence electrons. The predicted molar refractivity (Wildman–Crippen MR) is 128 cm³/mol. The van der Waals surface area contributed by atoms with Crippen molar-refractivity contribution in [3.63, 3.8) is 0 Å². The van der Waals surface area contributed by atoms with Gasteiger partial charge >= 0.3 is 0 Å². The first kappa shape index (κ1) is 21.9. The molecule has 0 unspecified atom stereocenters. The molecule has 0 aliphatic carbocycles. The molecule has 0 saturated carbocycles. The van der Waals surface area contributed by atoms with Gasteiger partial charge in [-0.05, 0) is 61.4 Å². The fourth-order valence-corrected chi connectivity index (χ4v) is 3.76. The van der Waals surface area contributed by atoms with Gasteiger partial charge in [0.1, 0.15) is 11.4 Å². The van der Waals surface area contributed by atoms with E-state index >= 15 is 0 Å². The maximum Gasteiger partial charge on any atom is 0.282 e. The number of nitrogens with zero attached hydrogens (tertiary/aromatic N) is 1. The van der Waals surface area contributed by atoms with Crippen molar-refractivity contribution in [2.24, 2.45) is 0 Å². The lowest BCUT2D eigenvalue weighted by atomic mass is 10.0. The predicted octanol–water partition coefficient (Wildman–Crippen LogP) is 6.10. The van der Waals surface area contributed by atoms with E-state index in [-0.39, 0.29) is 11.3 Å². The monoisotopic (exact) mass is 466 g/mol. The van der Waals surface area contributed by atoms with Crippen LogP contribution < -0.4 is 15.0 Å². The van der Waals surface area contributed by atoms with Crippen LogP contribution >= 0.6 is 23.2 Å². The number of benzene rings is 3. The van der Waals surface area contributed by atoms with Crippen LogP contribution in [0.15, 0.2) is 72.4 Å². The summed E-state index contributed by atoms with van der Waals surface area (Å²) in [5, 5.41) is 4.14. The van der Waals surface area contributed by atoms with Gasteiger partial charge in [0.2, 0.25) is 0 Å². The van der Waals surface area contributed by atoms with Crippen molar-refractivity contribution in [1.82, 2.24) is 0 Å². The van der Waals surface area contributed by atoms with Crippen LogP contribution in [0.4, 0.5) is 11.4 Å². The Bertz CT molecular complexity index is 1240. The van der Waals surface area contributed by atoms with Gasteiger partial charge in [0.15, 0.2) is 0 Å². The summed E-state index contributed by atoms with van der Waals surface area (Å²) in [6.45, 7) is 4.27. The average molecular weight is 467 g/mol. The normalized spacial score (nSPS) is 13.7. The Morgan fingerprint density at radius 1 is 0.938 bits per heavy atom. The summed E-state index contributed by atoms with van der Waals surface area (Å²) in [6.07, 6.45) is 0. The van der Waals surface area contributed by atoms with E-state index in [4.69, 9.17) is 27.9 Å². The minimum atomic E-state index is -0.471. The Labute approximate surface area is 196 Å². The highest BCUT2D eigenvalue weighted by molar-refractivity contribution is 6.46. The van der Waals surface area contributed by atoms with Crippen molar-refractivity contribution in [3.8, 4) is 5.75 Å². The standard InChI is InChI=1S/C25H20Cl2N2O3/c1-3-32-20-6-4-5-18(13-20)28-23-22(16-8-10-17(26)11-9-16)24(30)29(25(23)31)19-12-7-15(2)21(27)14-19/h4-14,28H,3H2,1-2H3. The number of carbonyl (C=O) groups is 2. The molecule has 1 aliphatic rings. The zero-order valence-electron chi connectivity index (χ0n) is 17.5. The summed E-state index contributed by atoms with van der Waals surface area (Å²) in [7, 11) is 0. The average Bonchev–Trinajstić information content (AvgIpc) is 3.01. The molecular formula is C25H20Cl2N2O3. The quantitative estimate of drug-likeness (QED) is 0.446. The van der Waals surface area contributed by atoms with Crippen LogP contribution in [-0.4, -0.2) is 18.4 Å². The second-order valence-electron chi connectivity index (χ2n) is 7.22. The second-order valence-corrected chi connectivity index (χ2v) is 8.07. The molecule has 0 saturated heterocycles. The van der Waals surface area contributed by atoms with Crippen LogP contribution in [0.25, 0.3) is 5.57 Å². The molecule has 7 heteroatoms. The van der Waals surface area contributed by atoms with E-state index in [1.54, 1.807) is 54.6 Å². The molecule has 0 radical (unpaired) electrons. The first-order chi connectivity index (χ1) is 15.4. The number of aryl methyl sites for hydroxylation is 1. The van der Waals surface area contributed by atoms with E-state index in [0.717, 1.165) is 10.5 Å². The third kappa shape index (κ3) is 4.22. The summed E-state index contributed by atoms with van der Waals surface area (Å²) in [5.41, 5.74) is 2.89. The molecule has 0 aromatic heterocycles. The Hall–Kier alpha value is -3.28. The maximum absolute atomic E-state index is 13.5. The molecular weight excluding hydrogens is 447 g/mol. The first-order valence-electron chi connectivity index (χ1n) is 10.0. The van der Waals surface area contributed by atoms with Gasteiger partial charge in [-0.3, -0.25) is 9.59 Å². The number of hydrogen-bond acceptors (Lipinski definition) is 4. The minimum absolute atomic E-state index is 0.169. The molecule has 2 amide bonds. The molecule has 4 rings (SSSR count). The molecule has 1 N–H and O–H groups in total. The SMILES string of the molecule is CCOc1cccc(NC2=C(c3ccc(Cl)cc3)C(=O)N(c3ccc(C)c(Cl)c3)C2=O)c1. The van der Waals surface area contributed by atoms with Crippen molar-refractivity contribution in [2.75, 3.05) is 16.8 Å². The smallest absolute Gasteiger partial charge is 0.282 e. The van der Waals surface area contributed by atoms with Gasteiger partial charge in [-0.25, -0.2) is 4.90 Å². The fraction of sp³-hybridized carbons (Fsp3) is 0.120. The Morgan fingerprint density at radius 2 is 1.69 bits per heavy atom. The Balaban J connectivity index is 1.80. The number of nitrogens with one attached hydrogen (secondary N) is 1. The number of halogens is 2. The first-order valence-corrected chi connectivity index (χ1v) is 10.8. The van der Waals surface area contributed by atoms with Gasteiger partial charge in [-0.15, -0.1) is 0 Å². The van der Waals surface area contributed by atoms with Gasteiger partial charge in [0.25, 0.3) is 11.8 Å². The maximum atomic E-state index is 13.5. The van der Waals surface area contributed by atoms with Crippen molar-refractivity contribution in [3.05, 3.63) is 93.6 Å². The number of ether oxygens (including phenoxy) is 1. The van der Waals surface area contributed by atoms with E-state index < -0.39 is 11.8 Å². The van der Waals surface area contributed by atoms with Crippen LogP contribution in [0.2, 0.25) is 10.0 Å². The van der Waals surface area contributed by atoms with Crippen molar-refractivity contribution in [2.45, 2.75) is 13.8 Å². The lowest BCUT2D eigenvalue weighted by Crippen LogP contribution is -2.32. The zero-order chi connectivity index (χ0) is 22.8. The molecule has 5 nitrogen and oxygen atoms in total.